The van der Waals surface area contributed by atoms with Crippen LogP contribution in [0.2, 0.25) is 0 Å². The Hall–Kier alpha value is -2.08. The Kier molecular flexibility index (Phi) is 9.04. The van der Waals surface area contributed by atoms with Crippen LogP contribution in [-0.2, 0) is 9.59 Å². The number of likely N-dealkylation sites (tertiary alicyclic amines) is 3. The average molecular weight is 456 g/mol. The van der Waals surface area contributed by atoms with Gasteiger partial charge >= 0.3 is 0 Å². The Morgan fingerprint density at radius 3 is 2.09 bits per heavy atom. The Morgan fingerprint density at radius 1 is 0.788 bits per heavy atom. The van der Waals surface area contributed by atoms with E-state index in [0.717, 1.165) is 50.4 Å². The van der Waals surface area contributed by atoms with Crippen molar-refractivity contribution < 1.29 is 14.3 Å². The summed E-state index contributed by atoms with van der Waals surface area (Å²) in [6.07, 6.45) is 9.71. The molecule has 6 heteroatoms. The Labute approximate surface area is 199 Å². The van der Waals surface area contributed by atoms with Crippen molar-refractivity contribution in [2.45, 2.75) is 57.8 Å². The van der Waals surface area contributed by atoms with Crippen LogP contribution >= 0.6 is 0 Å². The molecule has 0 atom stereocenters. The molecule has 3 heterocycles. The Morgan fingerprint density at radius 2 is 1.42 bits per heavy atom. The van der Waals surface area contributed by atoms with E-state index < -0.39 is 0 Å². The van der Waals surface area contributed by atoms with Crippen LogP contribution in [0.25, 0.3) is 0 Å². The van der Waals surface area contributed by atoms with Gasteiger partial charge in [0.2, 0.25) is 11.8 Å². The number of benzene rings is 1. The van der Waals surface area contributed by atoms with E-state index in [4.69, 9.17) is 4.74 Å². The molecule has 6 nitrogen and oxygen atoms in total. The molecular weight excluding hydrogens is 414 g/mol. The van der Waals surface area contributed by atoms with Crippen molar-refractivity contribution in [3.05, 3.63) is 30.3 Å². The van der Waals surface area contributed by atoms with E-state index in [1.807, 2.05) is 35.2 Å². The summed E-state index contributed by atoms with van der Waals surface area (Å²) in [5, 5.41) is 0. The lowest BCUT2D eigenvalue weighted by molar-refractivity contribution is -0.142. The highest BCUT2D eigenvalue weighted by molar-refractivity contribution is 5.80. The van der Waals surface area contributed by atoms with Gasteiger partial charge in [-0.1, -0.05) is 31.0 Å². The van der Waals surface area contributed by atoms with Crippen molar-refractivity contribution in [1.82, 2.24) is 14.7 Å². The van der Waals surface area contributed by atoms with Gasteiger partial charge in [0.1, 0.15) is 5.75 Å². The number of hydrogen-bond acceptors (Lipinski definition) is 4. The predicted molar refractivity (Wildman–Crippen MR) is 130 cm³/mol. The van der Waals surface area contributed by atoms with Crippen LogP contribution in [0.5, 0.6) is 5.75 Å². The summed E-state index contributed by atoms with van der Waals surface area (Å²) < 4.78 is 5.66. The molecular formula is C27H41N3O3. The zero-order chi connectivity index (χ0) is 22.9. The largest absolute Gasteiger partial charge is 0.493 e. The summed E-state index contributed by atoms with van der Waals surface area (Å²) in [4.78, 5) is 32.3. The molecule has 0 radical (unpaired) electrons. The molecule has 0 aromatic heterocycles. The maximum Gasteiger partial charge on any atom is 0.225 e. The van der Waals surface area contributed by atoms with E-state index in [9.17, 15) is 9.59 Å². The van der Waals surface area contributed by atoms with E-state index in [1.54, 1.807) is 0 Å². The maximum absolute atomic E-state index is 13.1. The summed E-state index contributed by atoms with van der Waals surface area (Å²) in [6.45, 7) is 7.33. The average Bonchev–Trinajstić information content (AvgIpc) is 3.13. The monoisotopic (exact) mass is 455 g/mol. The summed E-state index contributed by atoms with van der Waals surface area (Å²) >= 11 is 0. The van der Waals surface area contributed by atoms with E-state index in [0.29, 0.717) is 32.0 Å². The van der Waals surface area contributed by atoms with Gasteiger partial charge in [-0.05, 0) is 69.7 Å². The van der Waals surface area contributed by atoms with Crippen molar-refractivity contribution >= 4 is 11.8 Å². The summed E-state index contributed by atoms with van der Waals surface area (Å²) in [5.74, 6) is 2.07. The van der Waals surface area contributed by atoms with E-state index in [-0.39, 0.29) is 11.8 Å². The number of carbonyl (C=O) groups excluding carboxylic acids is 2. The van der Waals surface area contributed by atoms with E-state index in [2.05, 4.69) is 9.80 Å². The van der Waals surface area contributed by atoms with Gasteiger partial charge in [-0.3, -0.25) is 9.59 Å². The van der Waals surface area contributed by atoms with Crippen LogP contribution in [0.4, 0.5) is 0 Å². The second-order valence-electron chi connectivity index (χ2n) is 10.1. The van der Waals surface area contributed by atoms with Gasteiger partial charge in [-0.15, -0.1) is 0 Å². The fourth-order valence-corrected chi connectivity index (χ4v) is 5.58. The molecule has 3 fully saturated rings. The lowest BCUT2D eigenvalue weighted by atomic mass is 9.91. The molecule has 3 aliphatic rings. The van der Waals surface area contributed by atoms with E-state index in [1.165, 1.54) is 45.3 Å². The molecule has 1 aromatic rings. The van der Waals surface area contributed by atoms with Crippen molar-refractivity contribution in [3.63, 3.8) is 0 Å². The number of hydrogen-bond donors (Lipinski definition) is 0. The lowest BCUT2D eigenvalue weighted by Crippen LogP contribution is -2.47. The molecule has 1 aromatic carbocycles. The van der Waals surface area contributed by atoms with Crippen LogP contribution in [-0.4, -0.2) is 78.9 Å². The van der Waals surface area contributed by atoms with Crippen LogP contribution in [0.3, 0.4) is 0 Å². The third kappa shape index (κ3) is 7.20. The summed E-state index contributed by atoms with van der Waals surface area (Å²) in [7, 11) is 0. The van der Waals surface area contributed by atoms with Crippen molar-refractivity contribution in [2.24, 2.45) is 11.8 Å². The normalized spacial score (nSPS) is 21.6. The van der Waals surface area contributed by atoms with Crippen molar-refractivity contribution in [1.29, 1.82) is 0 Å². The molecule has 2 amide bonds. The highest BCUT2D eigenvalue weighted by Gasteiger charge is 2.32. The lowest BCUT2D eigenvalue weighted by Gasteiger charge is -2.38. The smallest absolute Gasteiger partial charge is 0.225 e. The first-order valence-electron chi connectivity index (χ1n) is 13.2. The third-order valence-electron chi connectivity index (χ3n) is 7.67. The van der Waals surface area contributed by atoms with E-state index >= 15 is 0 Å². The minimum absolute atomic E-state index is 0.0803. The number of carbonyl (C=O) groups is 2. The van der Waals surface area contributed by atoms with Gasteiger partial charge in [-0.2, -0.15) is 0 Å². The number of piperidine rings is 2. The number of ether oxygens (including phenoxy) is 1. The molecule has 0 unspecified atom stereocenters. The maximum atomic E-state index is 13.1. The SMILES string of the molecule is O=C(CCOc1ccccc1)N1CCC(C(=O)N2CCC(CN3CCCCCC3)CC2)CC1. The Bertz CT molecular complexity index is 732. The van der Waals surface area contributed by atoms with Crippen LogP contribution < -0.4 is 4.74 Å². The van der Waals surface area contributed by atoms with Gasteiger partial charge in [0, 0.05) is 38.6 Å². The van der Waals surface area contributed by atoms with Gasteiger partial charge in [0.05, 0.1) is 13.0 Å². The molecule has 0 bridgehead atoms. The first kappa shape index (κ1) is 24.1. The number of amides is 2. The second-order valence-corrected chi connectivity index (χ2v) is 10.1. The van der Waals surface area contributed by atoms with Crippen molar-refractivity contribution in [2.75, 3.05) is 52.4 Å². The molecule has 33 heavy (non-hydrogen) atoms. The molecule has 182 valence electrons. The quantitative estimate of drug-likeness (QED) is 0.627. The zero-order valence-corrected chi connectivity index (χ0v) is 20.1. The van der Waals surface area contributed by atoms with Gasteiger partial charge in [0.25, 0.3) is 0 Å². The molecule has 0 aliphatic carbocycles. The summed E-state index contributed by atoms with van der Waals surface area (Å²) in [6, 6.07) is 9.61. The van der Waals surface area contributed by atoms with Gasteiger partial charge in [0.15, 0.2) is 0 Å². The van der Waals surface area contributed by atoms with Crippen LogP contribution in [0.15, 0.2) is 30.3 Å². The Balaban J connectivity index is 1.13. The minimum Gasteiger partial charge on any atom is -0.493 e. The molecule has 0 spiro atoms. The molecule has 4 rings (SSSR count). The fraction of sp³-hybridized carbons (Fsp3) is 0.704. The first-order chi connectivity index (χ1) is 16.2. The zero-order valence-electron chi connectivity index (χ0n) is 20.1. The van der Waals surface area contributed by atoms with Crippen LogP contribution in [0.1, 0.15) is 57.8 Å². The minimum atomic E-state index is 0.0803. The molecule has 3 aliphatic heterocycles. The molecule has 0 saturated carbocycles. The van der Waals surface area contributed by atoms with Gasteiger partial charge < -0.3 is 19.4 Å². The standard InChI is InChI=1S/C27H41N3O3/c31-26(14-21-33-25-8-4-3-5-9-25)29-19-12-24(13-20-29)27(32)30-17-10-23(11-18-30)22-28-15-6-1-2-7-16-28/h3-5,8-9,23-24H,1-2,6-7,10-22H2. The molecule has 3 saturated heterocycles. The number of para-hydroxylation sites is 1. The second kappa shape index (κ2) is 12.4. The van der Waals surface area contributed by atoms with Gasteiger partial charge in [-0.25, -0.2) is 0 Å². The fourth-order valence-electron chi connectivity index (χ4n) is 5.58. The summed E-state index contributed by atoms with van der Waals surface area (Å²) in [5.41, 5.74) is 0. The highest BCUT2D eigenvalue weighted by Crippen LogP contribution is 2.25. The topological polar surface area (TPSA) is 53.1 Å². The predicted octanol–water partition coefficient (Wildman–Crippen LogP) is 3.81. The highest BCUT2D eigenvalue weighted by atomic mass is 16.5. The molecule has 0 N–H and O–H groups in total. The first-order valence-corrected chi connectivity index (χ1v) is 13.2. The number of rotatable bonds is 7. The van der Waals surface area contributed by atoms with Crippen LogP contribution in [0, 0.1) is 11.8 Å². The third-order valence-corrected chi connectivity index (χ3v) is 7.67. The van der Waals surface area contributed by atoms with Crippen molar-refractivity contribution in [3.8, 4) is 5.75 Å². The number of nitrogens with zero attached hydrogens (tertiary/aromatic N) is 3.